The normalized spacial score (nSPS) is 18.2. The van der Waals surface area contributed by atoms with Gasteiger partial charge in [-0.2, -0.15) is 5.26 Å². The van der Waals surface area contributed by atoms with Gasteiger partial charge in [-0.1, -0.05) is 76.6 Å². The molecule has 2 atom stereocenters. The first-order valence-electron chi connectivity index (χ1n) is 14.2. The van der Waals surface area contributed by atoms with Crippen LogP contribution in [-0.4, -0.2) is 25.1 Å². The number of carbonyl (C=O) groups is 1. The Kier molecular flexibility index (Phi) is 9.12. The number of cyclic esters (lactones) is 1. The molecule has 0 fully saturated rings. The van der Waals surface area contributed by atoms with Crippen LogP contribution in [0.15, 0.2) is 95.1 Å². The van der Waals surface area contributed by atoms with Gasteiger partial charge in [-0.05, 0) is 72.2 Å². The molecule has 0 spiro atoms. The lowest BCUT2D eigenvalue weighted by molar-refractivity contribution is -0.161. The van der Waals surface area contributed by atoms with Crippen molar-refractivity contribution in [1.82, 2.24) is 0 Å². The van der Waals surface area contributed by atoms with Crippen LogP contribution in [0, 0.1) is 16.7 Å². The first-order chi connectivity index (χ1) is 19.9. The minimum Gasteiger partial charge on any atom is -0.512 e. The summed E-state index contributed by atoms with van der Waals surface area (Å²) >= 11 is 0. The lowest BCUT2D eigenvalue weighted by Gasteiger charge is -2.41. The molecule has 2 N–H and O–H groups in total. The van der Waals surface area contributed by atoms with Crippen LogP contribution in [-0.2, 0) is 26.0 Å². The molecule has 0 amide bonds. The van der Waals surface area contributed by atoms with Gasteiger partial charge in [-0.15, -0.1) is 0 Å². The summed E-state index contributed by atoms with van der Waals surface area (Å²) in [6.07, 6.45) is 2.98. The summed E-state index contributed by atoms with van der Waals surface area (Å²) in [6, 6.07) is 24.5. The molecule has 0 aromatic heterocycles. The van der Waals surface area contributed by atoms with E-state index >= 15 is 0 Å². The topological polar surface area (TPSA) is 116 Å². The van der Waals surface area contributed by atoms with Crippen molar-refractivity contribution in [1.29, 1.82) is 5.26 Å². The summed E-state index contributed by atoms with van der Waals surface area (Å²) in [4.78, 5) is 13.8. The predicted octanol–water partition coefficient (Wildman–Crippen LogP) is 7.42. The maximum atomic E-state index is 13.7. The van der Waals surface area contributed by atoms with Gasteiger partial charge in [0.05, 0.1) is 22.1 Å². The number of ether oxygens (including phenoxy) is 1. The maximum Gasteiger partial charge on any atom is 0.338 e. The molecule has 0 saturated heterocycles. The zero-order valence-electron chi connectivity index (χ0n) is 24.6. The average Bonchev–Trinajstić information content (AvgIpc) is 2.94. The van der Waals surface area contributed by atoms with Crippen molar-refractivity contribution in [2.75, 3.05) is 4.72 Å². The largest absolute Gasteiger partial charge is 0.512 e. The molecule has 4 rings (SSSR count). The quantitative estimate of drug-likeness (QED) is 0.239. The van der Waals surface area contributed by atoms with E-state index in [4.69, 9.17) is 10.00 Å². The number of carbonyl (C=O) groups excluding carboxylic acids is 1. The van der Waals surface area contributed by atoms with Crippen LogP contribution in [0.4, 0.5) is 5.69 Å². The molecule has 1 aliphatic heterocycles. The van der Waals surface area contributed by atoms with E-state index < -0.39 is 32.9 Å². The fourth-order valence-electron chi connectivity index (χ4n) is 5.77. The average molecular weight is 587 g/mol. The molecule has 3 aromatic rings. The van der Waals surface area contributed by atoms with Gasteiger partial charge in [0, 0.05) is 18.0 Å². The van der Waals surface area contributed by atoms with Crippen LogP contribution in [0.25, 0.3) is 0 Å². The number of nitrogens with zero attached hydrogens (tertiary/aromatic N) is 1. The highest BCUT2D eigenvalue weighted by Crippen LogP contribution is 2.47. The summed E-state index contributed by atoms with van der Waals surface area (Å²) in [5, 5.41) is 20.5. The minimum atomic E-state index is -3.93. The van der Waals surface area contributed by atoms with Crippen LogP contribution < -0.4 is 4.72 Å². The van der Waals surface area contributed by atoms with Gasteiger partial charge in [0.1, 0.15) is 11.4 Å². The SMILES string of the molecule is CCCC1(CCc2ccccc2)CC(O)=C(C(c2cccc(NS(=O)(=O)c3ccc(C#N)cc3)c2)C(C)(C)C)C(=O)O1. The Labute approximate surface area is 248 Å². The fourth-order valence-corrected chi connectivity index (χ4v) is 6.82. The van der Waals surface area contributed by atoms with Gasteiger partial charge in [0.25, 0.3) is 10.0 Å². The van der Waals surface area contributed by atoms with E-state index in [9.17, 15) is 18.3 Å². The molecule has 2 unspecified atom stereocenters. The van der Waals surface area contributed by atoms with Gasteiger partial charge >= 0.3 is 5.97 Å². The van der Waals surface area contributed by atoms with E-state index in [0.717, 1.165) is 18.4 Å². The lowest BCUT2D eigenvalue weighted by atomic mass is 9.70. The lowest BCUT2D eigenvalue weighted by Crippen LogP contribution is -2.43. The van der Waals surface area contributed by atoms with Crippen LogP contribution >= 0.6 is 0 Å². The number of benzene rings is 3. The summed E-state index contributed by atoms with van der Waals surface area (Å²) in [7, 11) is -3.93. The van der Waals surface area contributed by atoms with Crippen LogP contribution in [0.2, 0.25) is 0 Å². The first-order valence-corrected chi connectivity index (χ1v) is 15.7. The van der Waals surface area contributed by atoms with E-state index in [-0.39, 0.29) is 22.6 Å². The highest BCUT2D eigenvalue weighted by molar-refractivity contribution is 7.92. The molecule has 0 radical (unpaired) electrons. The van der Waals surface area contributed by atoms with Crippen LogP contribution in [0.1, 0.15) is 76.0 Å². The van der Waals surface area contributed by atoms with Crippen molar-refractivity contribution >= 4 is 21.7 Å². The number of rotatable bonds is 10. The third-order valence-corrected chi connectivity index (χ3v) is 9.07. The summed E-state index contributed by atoms with van der Waals surface area (Å²) in [6.45, 7) is 7.96. The number of aliphatic hydroxyl groups is 1. The summed E-state index contributed by atoms with van der Waals surface area (Å²) < 4.78 is 34.9. The van der Waals surface area contributed by atoms with E-state index in [2.05, 4.69) is 4.72 Å². The summed E-state index contributed by atoms with van der Waals surface area (Å²) in [5.74, 6) is -1.07. The maximum absolute atomic E-state index is 13.7. The third-order valence-electron chi connectivity index (χ3n) is 7.67. The molecule has 1 heterocycles. The Balaban J connectivity index is 1.66. The van der Waals surface area contributed by atoms with Crippen molar-refractivity contribution in [3.8, 4) is 6.07 Å². The number of sulfonamides is 1. The Morgan fingerprint density at radius 2 is 1.71 bits per heavy atom. The highest BCUT2D eigenvalue weighted by Gasteiger charge is 2.46. The molecule has 0 bridgehead atoms. The zero-order valence-corrected chi connectivity index (χ0v) is 25.4. The molecule has 0 aliphatic carbocycles. The molecule has 220 valence electrons. The molecule has 7 nitrogen and oxygen atoms in total. The zero-order chi connectivity index (χ0) is 30.5. The smallest absolute Gasteiger partial charge is 0.338 e. The number of esters is 1. The highest BCUT2D eigenvalue weighted by atomic mass is 32.2. The number of hydrogen-bond donors (Lipinski definition) is 2. The Morgan fingerprint density at radius 3 is 2.31 bits per heavy atom. The summed E-state index contributed by atoms with van der Waals surface area (Å²) in [5.41, 5.74) is 1.40. The Morgan fingerprint density at radius 1 is 1.02 bits per heavy atom. The van der Waals surface area contributed by atoms with Gasteiger partial charge in [-0.3, -0.25) is 4.72 Å². The van der Waals surface area contributed by atoms with Crippen molar-refractivity contribution < 1.29 is 23.1 Å². The van der Waals surface area contributed by atoms with Gasteiger partial charge in [0.15, 0.2) is 0 Å². The molecule has 42 heavy (non-hydrogen) atoms. The number of nitrogens with one attached hydrogen (secondary N) is 1. The number of anilines is 1. The first kappa shape index (κ1) is 30.9. The van der Waals surface area contributed by atoms with Gasteiger partial charge in [0.2, 0.25) is 0 Å². The standard InChI is InChI=1S/C34H38N2O5S/c1-5-19-34(20-18-24-10-7-6-8-11-24)22-29(37)30(32(38)41-34)31(33(2,3)4)26-12-9-13-27(21-26)36-42(39,40)28-16-14-25(23-35)15-17-28/h6-17,21,31,36-37H,5,18-20,22H2,1-4H3. The number of nitriles is 1. The predicted molar refractivity (Wildman–Crippen MR) is 163 cm³/mol. The second-order valence-corrected chi connectivity index (χ2v) is 13.7. The van der Waals surface area contributed by atoms with Crippen LogP contribution in [0.5, 0.6) is 0 Å². The molecule has 8 heteroatoms. The second-order valence-electron chi connectivity index (χ2n) is 12.0. The molecule has 3 aromatic carbocycles. The number of aryl methyl sites for hydroxylation is 1. The Hall–Kier alpha value is -4.09. The minimum absolute atomic E-state index is 0.0243. The van der Waals surface area contributed by atoms with Crippen LogP contribution in [0.3, 0.4) is 0 Å². The van der Waals surface area contributed by atoms with E-state index in [1.807, 2.05) is 70.2 Å². The fraction of sp³-hybridized carbons (Fsp3) is 0.353. The van der Waals surface area contributed by atoms with E-state index in [1.54, 1.807) is 18.2 Å². The van der Waals surface area contributed by atoms with Crippen molar-refractivity contribution in [2.24, 2.45) is 5.41 Å². The van der Waals surface area contributed by atoms with Crippen molar-refractivity contribution in [2.45, 2.75) is 76.2 Å². The van der Waals surface area contributed by atoms with E-state index in [1.165, 1.54) is 24.3 Å². The molecule has 1 aliphatic rings. The molecule has 0 saturated carbocycles. The Bertz CT molecular complexity index is 1600. The van der Waals surface area contributed by atoms with Gasteiger partial charge < -0.3 is 9.84 Å². The molecular weight excluding hydrogens is 548 g/mol. The van der Waals surface area contributed by atoms with Crippen molar-refractivity contribution in [3.05, 3.63) is 107 Å². The number of aliphatic hydroxyl groups excluding tert-OH is 1. The second kappa shape index (κ2) is 12.4. The van der Waals surface area contributed by atoms with Gasteiger partial charge in [-0.25, -0.2) is 13.2 Å². The monoisotopic (exact) mass is 586 g/mol. The van der Waals surface area contributed by atoms with E-state index in [0.29, 0.717) is 29.7 Å². The van der Waals surface area contributed by atoms with Crippen molar-refractivity contribution in [3.63, 3.8) is 0 Å². The number of hydrogen-bond acceptors (Lipinski definition) is 6. The third kappa shape index (κ3) is 7.03. The molecular formula is C34H38N2O5S.